The van der Waals surface area contributed by atoms with Crippen LogP contribution in [0.2, 0.25) is 0 Å². The van der Waals surface area contributed by atoms with Gasteiger partial charge in [0.1, 0.15) is 0 Å². The minimum absolute atomic E-state index is 0. The molecule has 2 aliphatic rings. The smallest absolute Gasteiger partial charge is 0.227 e. The lowest BCUT2D eigenvalue weighted by Crippen LogP contribution is -2.36. The number of benzene rings is 1. The van der Waals surface area contributed by atoms with Gasteiger partial charge in [-0.3, -0.25) is 4.79 Å². The van der Waals surface area contributed by atoms with Crippen LogP contribution in [0.4, 0.5) is 10.8 Å². The van der Waals surface area contributed by atoms with E-state index in [1.165, 1.54) is 0 Å². The van der Waals surface area contributed by atoms with E-state index in [0.717, 1.165) is 66.6 Å². The molecule has 2 aromatic rings. The van der Waals surface area contributed by atoms with Gasteiger partial charge in [-0.15, -0.1) is 24.8 Å². The number of carbonyl (C=O) groups excluding carboxylic acids is 1. The first-order valence-electron chi connectivity index (χ1n) is 8.99. The Morgan fingerprint density at radius 1 is 1.30 bits per heavy atom. The van der Waals surface area contributed by atoms with Crippen molar-refractivity contribution >= 4 is 63.1 Å². The molecule has 4 rings (SSSR count). The Morgan fingerprint density at radius 2 is 2.07 bits per heavy atom. The van der Waals surface area contributed by atoms with Crippen molar-refractivity contribution in [3.05, 3.63) is 18.2 Å². The molecule has 1 aliphatic heterocycles. The molecule has 3 N–H and O–H groups in total. The highest BCUT2D eigenvalue weighted by Crippen LogP contribution is 2.34. The van der Waals surface area contributed by atoms with E-state index in [-0.39, 0.29) is 36.6 Å². The monoisotopic (exact) mass is 432 g/mol. The Balaban J connectivity index is 0.00000131. The lowest BCUT2D eigenvalue weighted by Gasteiger charge is -2.25. The fourth-order valence-electron chi connectivity index (χ4n) is 3.78. The van der Waals surface area contributed by atoms with Crippen molar-refractivity contribution in [3.8, 4) is 0 Å². The summed E-state index contributed by atoms with van der Waals surface area (Å²) in [6, 6.07) is 5.96. The van der Waals surface area contributed by atoms with Crippen molar-refractivity contribution in [1.82, 2.24) is 4.98 Å². The van der Waals surface area contributed by atoms with Gasteiger partial charge in [-0.25, -0.2) is 4.98 Å². The molecule has 2 heterocycles. The fourth-order valence-corrected chi connectivity index (χ4v) is 4.84. The molecular formula is C18H26Cl2N4O2S. The third-order valence-electron chi connectivity index (χ3n) is 5.22. The number of nitrogens with two attached hydrogens (primary N) is 1. The molecular weight excluding hydrogens is 407 g/mol. The Kier molecular flexibility index (Phi) is 8.12. The summed E-state index contributed by atoms with van der Waals surface area (Å²) < 4.78 is 6.50. The number of carbonyl (C=O) groups is 1. The van der Waals surface area contributed by atoms with Crippen LogP contribution in [-0.2, 0) is 9.53 Å². The molecule has 0 bridgehead atoms. The second-order valence-corrected chi connectivity index (χ2v) is 7.81. The van der Waals surface area contributed by atoms with Gasteiger partial charge in [-0.2, -0.15) is 0 Å². The van der Waals surface area contributed by atoms with Crippen LogP contribution < -0.4 is 16.0 Å². The molecule has 1 saturated heterocycles. The molecule has 0 spiro atoms. The van der Waals surface area contributed by atoms with E-state index >= 15 is 0 Å². The van der Waals surface area contributed by atoms with Crippen LogP contribution in [0.25, 0.3) is 10.2 Å². The predicted molar refractivity (Wildman–Crippen MR) is 116 cm³/mol. The quantitative estimate of drug-likeness (QED) is 0.774. The third-order valence-corrected chi connectivity index (χ3v) is 6.30. The van der Waals surface area contributed by atoms with Gasteiger partial charge in [0.2, 0.25) is 5.91 Å². The highest BCUT2D eigenvalue weighted by molar-refractivity contribution is 7.22. The van der Waals surface area contributed by atoms with Crippen molar-refractivity contribution in [2.24, 2.45) is 17.6 Å². The molecule has 1 saturated carbocycles. The maximum atomic E-state index is 12.6. The first-order chi connectivity index (χ1) is 12.2. The highest BCUT2D eigenvalue weighted by atomic mass is 35.5. The van der Waals surface area contributed by atoms with Gasteiger partial charge in [0.25, 0.3) is 0 Å². The number of halogens is 2. The number of nitrogens with zero attached hydrogens (tertiary/aromatic N) is 2. The predicted octanol–water partition coefficient (Wildman–Crippen LogP) is 3.29. The molecule has 6 nitrogen and oxygen atoms in total. The molecule has 150 valence electrons. The summed E-state index contributed by atoms with van der Waals surface area (Å²) in [6.45, 7) is 3.86. The van der Waals surface area contributed by atoms with Gasteiger partial charge in [-0.05, 0) is 43.5 Å². The Labute approximate surface area is 175 Å². The lowest BCUT2D eigenvalue weighted by molar-refractivity contribution is -0.120. The van der Waals surface area contributed by atoms with Crippen molar-refractivity contribution in [3.63, 3.8) is 0 Å². The molecule has 0 radical (unpaired) electrons. The van der Waals surface area contributed by atoms with Crippen molar-refractivity contribution < 1.29 is 9.53 Å². The summed E-state index contributed by atoms with van der Waals surface area (Å²) in [5.41, 5.74) is 7.63. The molecule has 9 heteroatoms. The van der Waals surface area contributed by atoms with E-state index in [1.807, 2.05) is 18.2 Å². The van der Waals surface area contributed by atoms with Crippen LogP contribution in [0.1, 0.15) is 19.3 Å². The number of hydrogen-bond donors (Lipinski definition) is 2. The van der Waals surface area contributed by atoms with E-state index in [1.54, 1.807) is 11.3 Å². The first-order valence-corrected chi connectivity index (χ1v) is 9.80. The largest absolute Gasteiger partial charge is 0.378 e. The number of hydrogen-bond acceptors (Lipinski definition) is 6. The van der Waals surface area contributed by atoms with Gasteiger partial charge in [0.05, 0.1) is 23.4 Å². The van der Waals surface area contributed by atoms with Gasteiger partial charge in [0.15, 0.2) is 5.13 Å². The Hall–Kier alpha value is -1.12. The second-order valence-electron chi connectivity index (χ2n) is 6.80. The highest BCUT2D eigenvalue weighted by Gasteiger charge is 2.31. The average molecular weight is 433 g/mol. The summed E-state index contributed by atoms with van der Waals surface area (Å²) >= 11 is 1.67. The van der Waals surface area contributed by atoms with Crippen LogP contribution in [0.3, 0.4) is 0 Å². The van der Waals surface area contributed by atoms with E-state index in [2.05, 4.69) is 10.2 Å². The zero-order chi connectivity index (χ0) is 17.2. The van der Waals surface area contributed by atoms with E-state index in [0.29, 0.717) is 12.5 Å². The summed E-state index contributed by atoms with van der Waals surface area (Å²) in [5.74, 6) is 0.469. The van der Waals surface area contributed by atoms with Crippen molar-refractivity contribution in [2.45, 2.75) is 19.3 Å². The number of fused-ring (bicyclic) bond motifs is 1. The van der Waals surface area contributed by atoms with Crippen molar-refractivity contribution in [1.29, 1.82) is 0 Å². The van der Waals surface area contributed by atoms with Gasteiger partial charge < -0.3 is 20.7 Å². The second kappa shape index (κ2) is 9.89. The number of morpholine rings is 1. The molecule has 1 aromatic heterocycles. The Morgan fingerprint density at radius 3 is 2.81 bits per heavy atom. The van der Waals surface area contributed by atoms with E-state index in [4.69, 9.17) is 15.5 Å². The molecule has 1 aromatic carbocycles. The maximum absolute atomic E-state index is 12.6. The summed E-state index contributed by atoms with van der Waals surface area (Å²) in [5, 5.41) is 4.11. The topological polar surface area (TPSA) is 80.5 Å². The van der Waals surface area contributed by atoms with Gasteiger partial charge in [-0.1, -0.05) is 17.8 Å². The molecule has 2 fully saturated rings. The van der Waals surface area contributed by atoms with Crippen LogP contribution in [0.5, 0.6) is 0 Å². The van der Waals surface area contributed by atoms with Crippen LogP contribution in [-0.4, -0.2) is 43.7 Å². The fraction of sp³-hybridized carbons (Fsp3) is 0.556. The van der Waals surface area contributed by atoms with Crippen LogP contribution in [0, 0.1) is 11.8 Å². The molecule has 1 amide bonds. The molecule has 0 unspecified atom stereocenters. The molecule has 1 aliphatic carbocycles. The summed E-state index contributed by atoms with van der Waals surface area (Å²) in [4.78, 5) is 19.6. The number of thiazole rings is 1. The third kappa shape index (κ3) is 4.84. The lowest BCUT2D eigenvalue weighted by atomic mass is 9.95. The zero-order valence-corrected chi connectivity index (χ0v) is 17.5. The average Bonchev–Trinajstić information content (AvgIpc) is 3.28. The normalized spacial score (nSPS) is 22.2. The van der Waals surface area contributed by atoms with Gasteiger partial charge in [0, 0.05) is 24.7 Å². The number of aromatic nitrogens is 1. The van der Waals surface area contributed by atoms with E-state index in [9.17, 15) is 4.79 Å². The van der Waals surface area contributed by atoms with Crippen LogP contribution in [0.15, 0.2) is 18.2 Å². The number of rotatable bonds is 4. The number of ether oxygens (including phenoxy) is 1. The number of anilines is 2. The van der Waals surface area contributed by atoms with Crippen LogP contribution >= 0.6 is 36.2 Å². The standard InChI is InChI=1S/C18H24N4O2S.2ClH/c19-11-12-2-1-3-14(12)17(23)20-13-4-5-15-16(10-13)25-18(21-15)22-6-8-24-9-7-22;;/h4-5,10,12,14H,1-3,6-9,11,19H2,(H,20,23);2*1H/t12-,14-;;/m1../s1. The minimum Gasteiger partial charge on any atom is -0.378 e. The SMILES string of the molecule is Cl.Cl.NC[C@H]1CCC[C@H]1C(=O)Nc1ccc2nc(N3CCOCC3)sc2c1. The summed E-state index contributed by atoms with van der Waals surface area (Å²) in [7, 11) is 0. The van der Waals surface area contributed by atoms with Gasteiger partial charge >= 0.3 is 0 Å². The van der Waals surface area contributed by atoms with E-state index < -0.39 is 0 Å². The number of nitrogens with one attached hydrogen (secondary N) is 1. The molecule has 2 atom stereocenters. The molecule has 27 heavy (non-hydrogen) atoms. The zero-order valence-electron chi connectivity index (χ0n) is 15.1. The number of amides is 1. The Bertz CT molecular complexity index is 767. The first kappa shape index (κ1) is 22.2. The van der Waals surface area contributed by atoms with Crippen molar-refractivity contribution in [2.75, 3.05) is 43.1 Å². The minimum atomic E-state index is 0. The maximum Gasteiger partial charge on any atom is 0.227 e. The summed E-state index contributed by atoms with van der Waals surface area (Å²) in [6.07, 6.45) is 3.10.